The summed E-state index contributed by atoms with van der Waals surface area (Å²) in [5.41, 5.74) is 8.11. The van der Waals surface area contributed by atoms with Crippen molar-refractivity contribution in [3.8, 4) is 10.4 Å². The van der Waals surface area contributed by atoms with E-state index in [0.29, 0.717) is 12.2 Å². The number of carbonyl (C=O) groups excluding carboxylic acids is 2. The molecule has 1 unspecified atom stereocenters. The second-order valence-electron chi connectivity index (χ2n) is 6.18. The van der Waals surface area contributed by atoms with Crippen LogP contribution in [-0.2, 0) is 11.2 Å². The molecule has 2 heterocycles. The third-order valence-electron chi connectivity index (χ3n) is 4.44. The summed E-state index contributed by atoms with van der Waals surface area (Å²) < 4.78 is 0. The van der Waals surface area contributed by atoms with Crippen LogP contribution in [-0.4, -0.2) is 34.3 Å². The number of rotatable bonds is 4. The lowest BCUT2D eigenvalue weighted by Crippen LogP contribution is -2.51. The summed E-state index contributed by atoms with van der Waals surface area (Å²) in [6.07, 6.45) is 4.41. The summed E-state index contributed by atoms with van der Waals surface area (Å²) in [5.74, 6) is -0.715. The number of nitrogens with two attached hydrogens (primary N) is 1. The van der Waals surface area contributed by atoms with Gasteiger partial charge in [-0.15, -0.1) is 11.3 Å². The topological polar surface area (TPSA) is 76.3 Å². The van der Waals surface area contributed by atoms with Crippen LogP contribution in [0, 0.1) is 13.3 Å². The highest BCUT2D eigenvalue weighted by molar-refractivity contribution is 7.15. The first-order valence-corrected chi connectivity index (χ1v) is 9.33. The maximum Gasteiger partial charge on any atom is 0.274 e. The summed E-state index contributed by atoms with van der Waals surface area (Å²) in [5, 5.41) is 0.828. The molecule has 1 saturated heterocycles. The summed E-state index contributed by atoms with van der Waals surface area (Å²) in [6, 6.07) is 7.53. The molecule has 0 saturated carbocycles. The first-order chi connectivity index (χ1) is 12.0. The van der Waals surface area contributed by atoms with Crippen molar-refractivity contribution in [3.63, 3.8) is 0 Å². The Labute approximate surface area is 151 Å². The molecule has 1 radical (unpaired) electrons. The van der Waals surface area contributed by atoms with Gasteiger partial charge in [0.25, 0.3) is 5.91 Å². The molecule has 0 bridgehead atoms. The van der Waals surface area contributed by atoms with Crippen LogP contribution < -0.4 is 5.73 Å². The van der Waals surface area contributed by atoms with Gasteiger partial charge in [0.15, 0.2) is 0 Å². The fraction of sp³-hybridized carbons (Fsp3) is 0.368. The van der Waals surface area contributed by atoms with Gasteiger partial charge in [-0.3, -0.25) is 9.59 Å². The second-order valence-corrected chi connectivity index (χ2v) is 7.39. The zero-order valence-electron chi connectivity index (χ0n) is 14.5. The summed E-state index contributed by atoms with van der Waals surface area (Å²) in [4.78, 5) is 31.6. The first kappa shape index (κ1) is 17.6. The number of likely N-dealkylation sites (tertiary alicyclic amines) is 1. The predicted octanol–water partition coefficient (Wildman–Crippen LogP) is 2.98. The number of piperidine rings is 1. The molecule has 0 aliphatic carbocycles. The highest BCUT2D eigenvalue weighted by Crippen LogP contribution is 2.32. The van der Waals surface area contributed by atoms with Crippen LogP contribution in [0.4, 0.5) is 0 Å². The SMILES string of the molecule is CCc1ccc(-c2sc(C)nc2C(=O)N2CCC[CH]C2C(N)=O)cc1. The number of hydrogen-bond donors (Lipinski definition) is 1. The highest BCUT2D eigenvalue weighted by Gasteiger charge is 2.33. The van der Waals surface area contributed by atoms with Crippen molar-refractivity contribution >= 4 is 23.2 Å². The number of carbonyl (C=O) groups is 2. The molecule has 5 nitrogen and oxygen atoms in total. The molecule has 1 aromatic heterocycles. The smallest absolute Gasteiger partial charge is 0.274 e. The van der Waals surface area contributed by atoms with Gasteiger partial charge >= 0.3 is 0 Å². The van der Waals surface area contributed by atoms with Crippen LogP contribution in [0.1, 0.15) is 40.8 Å². The minimum Gasteiger partial charge on any atom is -0.368 e. The number of nitrogens with zero attached hydrogens (tertiary/aromatic N) is 2. The van der Waals surface area contributed by atoms with Gasteiger partial charge in [-0.1, -0.05) is 31.2 Å². The molecule has 3 rings (SSSR count). The molecule has 2 N–H and O–H groups in total. The van der Waals surface area contributed by atoms with Crippen LogP contribution in [0.3, 0.4) is 0 Å². The number of aryl methyl sites for hydroxylation is 2. The lowest BCUT2D eigenvalue weighted by atomic mass is 10.0. The third-order valence-corrected chi connectivity index (χ3v) is 5.46. The maximum atomic E-state index is 13.1. The Kier molecular flexibility index (Phi) is 5.18. The Bertz CT molecular complexity index is 782. The number of hydrogen-bond acceptors (Lipinski definition) is 4. The number of thiazole rings is 1. The Hall–Kier alpha value is -2.21. The highest BCUT2D eigenvalue weighted by atomic mass is 32.1. The number of benzene rings is 1. The average Bonchev–Trinajstić information content (AvgIpc) is 3.03. The van der Waals surface area contributed by atoms with Gasteiger partial charge in [0, 0.05) is 6.54 Å². The van der Waals surface area contributed by atoms with Gasteiger partial charge in [0.2, 0.25) is 5.91 Å². The van der Waals surface area contributed by atoms with Gasteiger partial charge in [-0.25, -0.2) is 4.98 Å². The fourth-order valence-corrected chi connectivity index (χ4v) is 4.01. The predicted molar refractivity (Wildman–Crippen MR) is 99.2 cm³/mol. The van der Waals surface area contributed by atoms with Gasteiger partial charge in [0.1, 0.15) is 11.7 Å². The van der Waals surface area contributed by atoms with E-state index in [1.165, 1.54) is 16.9 Å². The summed E-state index contributed by atoms with van der Waals surface area (Å²) in [6.45, 7) is 4.52. The number of primary amides is 1. The van der Waals surface area contributed by atoms with E-state index in [4.69, 9.17) is 5.73 Å². The molecule has 1 atom stereocenters. The van der Waals surface area contributed by atoms with Gasteiger partial charge < -0.3 is 10.6 Å². The van der Waals surface area contributed by atoms with Crippen LogP contribution in [0.5, 0.6) is 0 Å². The first-order valence-electron chi connectivity index (χ1n) is 8.51. The molecule has 2 amide bonds. The zero-order chi connectivity index (χ0) is 18.0. The van der Waals surface area contributed by atoms with Crippen molar-refractivity contribution in [2.75, 3.05) is 6.54 Å². The molecule has 131 valence electrons. The van der Waals surface area contributed by atoms with Gasteiger partial charge in [0.05, 0.1) is 9.88 Å². The van der Waals surface area contributed by atoms with Crippen LogP contribution in [0.25, 0.3) is 10.4 Å². The van der Waals surface area contributed by atoms with E-state index in [1.807, 2.05) is 25.5 Å². The van der Waals surface area contributed by atoms with Gasteiger partial charge in [-0.2, -0.15) is 0 Å². The number of amides is 2. The molecule has 6 heteroatoms. The van der Waals surface area contributed by atoms with Crippen LogP contribution in [0.15, 0.2) is 24.3 Å². The van der Waals surface area contributed by atoms with Crippen molar-refractivity contribution in [2.24, 2.45) is 5.73 Å². The van der Waals surface area contributed by atoms with Crippen LogP contribution >= 0.6 is 11.3 Å². The number of aromatic nitrogens is 1. The van der Waals surface area contributed by atoms with E-state index in [0.717, 1.165) is 34.7 Å². The monoisotopic (exact) mass is 356 g/mol. The molecular weight excluding hydrogens is 334 g/mol. The summed E-state index contributed by atoms with van der Waals surface area (Å²) in [7, 11) is 0. The van der Waals surface area contributed by atoms with Crippen molar-refractivity contribution < 1.29 is 9.59 Å². The molecule has 2 aromatic rings. The molecular formula is C19H22N3O2S. The van der Waals surface area contributed by atoms with Crippen molar-refractivity contribution in [2.45, 2.75) is 39.2 Å². The average molecular weight is 356 g/mol. The van der Waals surface area contributed by atoms with E-state index in [1.54, 1.807) is 4.90 Å². The van der Waals surface area contributed by atoms with Gasteiger partial charge in [-0.05, 0) is 43.7 Å². The Balaban J connectivity index is 1.96. The normalized spacial score (nSPS) is 17.5. The van der Waals surface area contributed by atoms with E-state index < -0.39 is 11.9 Å². The van der Waals surface area contributed by atoms with Crippen molar-refractivity contribution in [1.82, 2.24) is 9.88 Å². The Morgan fingerprint density at radius 3 is 2.68 bits per heavy atom. The molecule has 1 aliphatic rings. The zero-order valence-corrected chi connectivity index (χ0v) is 15.3. The van der Waals surface area contributed by atoms with Crippen molar-refractivity contribution in [3.05, 3.63) is 47.0 Å². The lowest BCUT2D eigenvalue weighted by molar-refractivity contribution is -0.121. The van der Waals surface area contributed by atoms with E-state index in [9.17, 15) is 9.59 Å². The third kappa shape index (κ3) is 3.58. The maximum absolute atomic E-state index is 13.1. The largest absolute Gasteiger partial charge is 0.368 e. The van der Waals surface area contributed by atoms with Crippen molar-refractivity contribution in [1.29, 1.82) is 0 Å². The molecule has 25 heavy (non-hydrogen) atoms. The van der Waals surface area contributed by atoms with E-state index in [-0.39, 0.29) is 5.91 Å². The molecule has 1 aliphatic heterocycles. The quantitative estimate of drug-likeness (QED) is 0.915. The minimum atomic E-state index is -0.654. The van der Waals surface area contributed by atoms with E-state index in [2.05, 4.69) is 24.0 Å². The fourth-order valence-electron chi connectivity index (χ4n) is 3.10. The molecule has 1 aromatic carbocycles. The lowest BCUT2D eigenvalue weighted by Gasteiger charge is -2.33. The standard InChI is InChI=1S/C19H22N3O2S/c1-3-13-7-9-14(10-8-13)17-16(21-12(2)25-17)19(24)22-11-5-4-6-15(22)18(20)23/h6-10,15H,3-5,11H2,1-2H3,(H2,20,23). The minimum absolute atomic E-state index is 0.223. The Morgan fingerprint density at radius 2 is 2.04 bits per heavy atom. The molecule has 0 spiro atoms. The second kappa shape index (κ2) is 7.35. The van der Waals surface area contributed by atoms with E-state index >= 15 is 0 Å². The Morgan fingerprint density at radius 1 is 1.32 bits per heavy atom. The molecule has 1 fully saturated rings. The van der Waals surface area contributed by atoms with Crippen LogP contribution in [0.2, 0.25) is 0 Å². The summed E-state index contributed by atoms with van der Waals surface area (Å²) >= 11 is 1.50.